The lowest BCUT2D eigenvalue weighted by molar-refractivity contribution is -0.479. The lowest BCUT2D eigenvalue weighted by Gasteiger charge is -2.01. The minimum Gasteiger partial charge on any atom is -1.00 e. The summed E-state index contributed by atoms with van der Waals surface area (Å²) in [6.07, 6.45) is 0. The normalized spacial score (nSPS) is 7.56. The molecule has 0 amide bonds. The second-order valence-corrected chi connectivity index (χ2v) is 4.18. The highest BCUT2D eigenvalue weighted by Gasteiger charge is 2.05. The predicted octanol–water partition coefficient (Wildman–Crippen LogP) is -6.52. The van der Waals surface area contributed by atoms with Crippen LogP contribution in [0.25, 0.3) is 0 Å². The van der Waals surface area contributed by atoms with Crippen LogP contribution in [0.15, 0.2) is 0 Å². The smallest absolute Gasteiger partial charge is 0.442 e. The molecule has 0 atom stereocenters. The van der Waals surface area contributed by atoms with Gasteiger partial charge < -0.3 is 35.0 Å². The van der Waals surface area contributed by atoms with Gasteiger partial charge in [-0.05, 0) is 0 Å². The van der Waals surface area contributed by atoms with Gasteiger partial charge >= 0.3 is 12.0 Å². The summed E-state index contributed by atoms with van der Waals surface area (Å²) in [5.74, 6) is 0. The maximum absolute atomic E-state index is 8.97. The Morgan fingerprint density at radius 2 is 0.833 bits per heavy atom. The number of amidine groups is 2. The van der Waals surface area contributed by atoms with Crippen molar-refractivity contribution in [3.63, 3.8) is 0 Å². The van der Waals surface area contributed by atoms with Crippen molar-refractivity contribution in [2.45, 2.75) is 0 Å². The quantitative estimate of drug-likeness (QED) is 0.265. The number of hydrogen-bond acceptors (Lipinski definition) is 0. The predicted molar refractivity (Wildman–Crippen MR) is 66.9 cm³/mol. The average Bonchev–Trinajstić information content (AvgIpc) is 2.15. The highest BCUT2D eigenvalue weighted by Crippen LogP contribution is 1.73. The largest absolute Gasteiger partial charge is 1.00 e. The molecule has 0 saturated carbocycles. The number of nitrogens with zero attached hydrogens (tertiary/aromatic N) is 4. The van der Waals surface area contributed by atoms with Gasteiger partial charge in [-0.15, -0.1) is 0 Å². The first-order chi connectivity index (χ1) is 7.11. The van der Waals surface area contributed by atoms with Crippen molar-refractivity contribution in [1.82, 2.24) is 9.80 Å². The molecule has 112 valence electrons. The summed E-state index contributed by atoms with van der Waals surface area (Å²) in [5.41, 5.74) is 0. The third-order valence-corrected chi connectivity index (χ3v) is 1.60. The zero-order chi connectivity index (χ0) is 13.5. The second kappa shape index (κ2) is 12.6. The first kappa shape index (κ1) is 25.8. The van der Waals surface area contributed by atoms with Crippen LogP contribution in [0, 0.1) is 0 Å². The van der Waals surface area contributed by atoms with Gasteiger partial charge in [0.15, 0.2) is 0 Å². The molecule has 0 aromatic rings. The number of hydrogen-bond donors (Lipinski definition) is 2. The standard InChI is InChI=1S/2C5H12N2O.2ClH/c2*1-6(2)5(8)7(3)4;;/h2*1-4H3;2*1H. The van der Waals surface area contributed by atoms with E-state index in [2.05, 4.69) is 0 Å². The average molecular weight is 305 g/mol. The minimum absolute atomic E-state index is 0. The van der Waals surface area contributed by atoms with Crippen molar-refractivity contribution in [3.05, 3.63) is 0 Å². The van der Waals surface area contributed by atoms with Gasteiger partial charge in [0.05, 0.1) is 56.4 Å². The molecule has 0 unspecified atom stereocenters. The van der Waals surface area contributed by atoms with Crippen molar-refractivity contribution in [2.24, 2.45) is 0 Å². The Labute approximate surface area is 123 Å². The highest BCUT2D eigenvalue weighted by atomic mass is 35.5. The SMILES string of the molecule is CN(C)C(O)=[N+](C)C.CN(C)C(O)=[N+](C)C.[Cl-].[Cl-]. The molecule has 0 spiro atoms. The van der Waals surface area contributed by atoms with Gasteiger partial charge in [0.25, 0.3) is 0 Å². The Morgan fingerprint density at radius 3 is 0.833 bits per heavy atom. The first-order valence-electron chi connectivity index (χ1n) is 4.92. The molecule has 0 aliphatic heterocycles. The summed E-state index contributed by atoms with van der Waals surface area (Å²) in [6, 6.07) is 0.537. The van der Waals surface area contributed by atoms with Crippen molar-refractivity contribution in [3.8, 4) is 0 Å². The molecule has 0 aliphatic carbocycles. The molecule has 0 heterocycles. The number of rotatable bonds is 0. The molecule has 2 N–H and O–H groups in total. The van der Waals surface area contributed by atoms with E-state index in [0.717, 1.165) is 0 Å². The first-order valence-corrected chi connectivity index (χ1v) is 4.92. The van der Waals surface area contributed by atoms with Crippen LogP contribution in [0.4, 0.5) is 0 Å². The van der Waals surface area contributed by atoms with E-state index in [9.17, 15) is 0 Å². The third-order valence-electron chi connectivity index (χ3n) is 1.60. The van der Waals surface area contributed by atoms with Crippen LogP contribution >= 0.6 is 0 Å². The topological polar surface area (TPSA) is 53.0 Å². The molecular formula is C10H26Cl2N4O2. The molecule has 8 heteroatoms. The molecule has 0 saturated heterocycles. The van der Waals surface area contributed by atoms with Gasteiger partial charge in [0.2, 0.25) is 0 Å². The Hall–Kier alpha value is -0.880. The molecule has 0 rings (SSSR count). The molecular weight excluding hydrogens is 279 g/mol. The Morgan fingerprint density at radius 1 is 0.667 bits per heavy atom. The third kappa shape index (κ3) is 13.2. The van der Waals surface area contributed by atoms with E-state index < -0.39 is 0 Å². The molecule has 0 bridgehead atoms. The van der Waals surface area contributed by atoms with Gasteiger partial charge in [-0.3, -0.25) is 0 Å². The molecule has 0 aliphatic rings. The Kier molecular flexibility index (Phi) is 18.1. The maximum atomic E-state index is 8.97. The van der Waals surface area contributed by atoms with Crippen LogP contribution in [0.1, 0.15) is 0 Å². The molecule has 6 nitrogen and oxygen atoms in total. The van der Waals surface area contributed by atoms with E-state index in [1.54, 1.807) is 75.3 Å². The summed E-state index contributed by atoms with van der Waals surface area (Å²) < 4.78 is 3.28. The van der Waals surface area contributed by atoms with Crippen LogP contribution in [0.3, 0.4) is 0 Å². The molecule has 18 heavy (non-hydrogen) atoms. The second-order valence-electron chi connectivity index (χ2n) is 4.18. The van der Waals surface area contributed by atoms with E-state index >= 15 is 0 Å². The van der Waals surface area contributed by atoms with E-state index in [4.69, 9.17) is 10.2 Å². The monoisotopic (exact) mass is 304 g/mol. The Bertz CT molecular complexity index is 243. The zero-order valence-corrected chi connectivity index (χ0v) is 14.0. The molecule has 0 radical (unpaired) electrons. The molecule has 0 aromatic heterocycles. The fourth-order valence-electron chi connectivity index (χ4n) is 0.800. The maximum Gasteiger partial charge on any atom is 0.442 e. The van der Waals surface area contributed by atoms with E-state index in [0.29, 0.717) is 0 Å². The van der Waals surface area contributed by atoms with E-state index in [1.165, 1.54) is 0 Å². The van der Waals surface area contributed by atoms with Gasteiger partial charge in [-0.25, -0.2) is 19.0 Å². The van der Waals surface area contributed by atoms with Crippen LogP contribution in [-0.2, 0) is 0 Å². The lowest BCUT2D eigenvalue weighted by atomic mass is 10.8. The fraction of sp³-hybridized carbons (Fsp3) is 0.800. The van der Waals surface area contributed by atoms with Gasteiger partial charge in [-0.1, -0.05) is 0 Å². The van der Waals surface area contributed by atoms with Crippen LogP contribution < -0.4 is 24.8 Å². The van der Waals surface area contributed by atoms with Crippen molar-refractivity contribution < 1.29 is 44.2 Å². The summed E-state index contributed by atoms with van der Waals surface area (Å²) in [7, 11) is 14.3. The minimum atomic E-state index is 0. The van der Waals surface area contributed by atoms with E-state index in [-0.39, 0.29) is 36.9 Å². The van der Waals surface area contributed by atoms with Crippen LogP contribution in [0.2, 0.25) is 0 Å². The summed E-state index contributed by atoms with van der Waals surface area (Å²) in [6.45, 7) is 0. The zero-order valence-electron chi connectivity index (χ0n) is 12.4. The number of aliphatic hydroxyl groups is 2. The van der Waals surface area contributed by atoms with Crippen LogP contribution in [0.5, 0.6) is 0 Å². The Balaban J connectivity index is -0.0000000980. The lowest BCUT2D eigenvalue weighted by Crippen LogP contribution is -3.00. The van der Waals surface area contributed by atoms with Crippen molar-refractivity contribution in [2.75, 3.05) is 56.4 Å². The summed E-state index contributed by atoms with van der Waals surface area (Å²) in [5, 5.41) is 17.9. The molecule has 0 fully saturated rings. The van der Waals surface area contributed by atoms with Crippen molar-refractivity contribution in [1.29, 1.82) is 0 Å². The van der Waals surface area contributed by atoms with E-state index in [1.807, 2.05) is 0 Å². The fourth-order valence-corrected chi connectivity index (χ4v) is 0.800. The van der Waals surface area contributed by atoms with Gasteiger partial charge in [-0.2, -0.15) is 0 Å². The number of aliphatic hydroxyl groups excluding tert-OH is 2. The number of halogens is 2. The summed E-state index contributed by atoms with van der Waals surface area (Å²) in [4.78, 5) is 3.28. The van der Waals surface area contributed by atoms with Gasteiger partial charge in [0.1, 0.15) is 0 Å². The molecule has 0 aromatic carbocycles. The van der Waals surface area contributed by atoms with Crippen LogP contribution in [-0.4, -0.2) is 97.6 Å². The van der Waals surface area contributed by atoms with Gasteiger partial charge in [0, 0.05) is 0 Å². The van der Waals surface area contributed by atoms with Crippen molar-refractivity contribution >= 4 is 12.0 Å². The summed E-state index contributed by atoms with van der Waals surface area (Å²) >= 11 is 0. The highest BCUT2D eigenvalue weighted by molar-refractivity contribution is 5.65.